The van der Waals surface area contributed by atoms with Crippen LogP contribution in [0.1, 0.15) is 17.3 Å². The minimum Gasteiger partial charge on any atom is -0.483 e. The Morgan fingerprint density at radius 1 is 1.42 bits per heavy atom. The molecule has 0 saturated heterocycles. The molecule has 0 spiro atoms. The first-order valence-corrected chi connectivity index (χ1v) is 5.64. The van der Waals surface area contributed by atoms with Crippen LogP contribution < -0.4 is 9.47 Å². The number of rotatable bonds is 5. The molecular formula is C13H10O6. The standard InChI is InChI=1S/C13H10O6/c1-6(2)12(14)17-4-3-16-10-8-5-7-9(18-8)11(10)19-13(7)15/h5H,1,3-4H2,2H3. The highest BCUT2D eigenvalue weighted by atomic mass is 16.6. The summed E-state index contributed by atoms with van der Waals surface area (Å²) in [7, 11) is 0. The van der Waals surface area contributed by atoms with Gasteiger partial charge < -0.3 is 18.6 Å². The minimum absolute atomic E-state index is 0.0790. The normalized spacial score (nSPS) is 12.8. The largest absolute Gasteiger partial charge is 0.483 e. The Kier molecular flexibility index (Phi) is 2.45. The molecule has 98 valence electrons. The number of carbonyl (C=O) groups is 2. The van der Waals surface area contributed by atoms with E-state index in [0.29, 0.717) is 33.8 Å². The van der Waals surface area contributed by atoms with Gasteiger partial charge in [0.2, 0.25) is 11.5 Å². The zero-order valence-corrected chi connectivity index (χ0v) is 10.1. The van der Waals surface area contributed by atoms with Crippen molar-refractivity contribution in [3.63, 3.8) is 0 Å². The average Bonchev–Trinajstić information content (AvgIpc) is 2.97. The van der Waals surface area contributed by atoms with Gasteiger partial charge in [-0.2, -0.15) is 0 Å². The van der Waals surface area contributed by atoms with Crippen molar-refractivity contribution in [1.29, 1.82) is 0 Å². The van der Waals surface area contributed by atoms with Gasteiger partial charge in [0.05, 0.1) is 0 Å². The van der Waals surface area contributed by atoms with Gasteiger partial charge >= 0.3 is 11.9 Å². The molecule has 0 fully saturated rings. The van der Waals surface area contributed by atoms with Crippen molar-refractivity contribution in [3.8, 4) is 11.5 Å². The number of benzene rings is 1. The molecule has 1 aliphatic rings. The molecule has 3 rings (SSSR count). The lowest BCUT2D eigenvalue weighted by Crippen LogP contribution is -2.12. The predicted octanol–water partition coefficient (Wildman–Crippen LogP) is 1.90. The molecule has 2 bridgehead atoms. The van der Waals surface area contributed by atoms with Crippen LogP contribution in [0.5, 0.6) is 11.5 Å². The van der Waals surface area contributed by atoms with Crippen LogP contribution in [0.3, 0.4) is 0 Å². The lowest BCUT2D eigenvalue weighted by Gasteiger charge is -2.06. The number of ether oxygens (including phenoxy) is 3. The van der Waals surface area contributed by atoms with Crippen molar-refractivity contribution >= 4 is 23.1 Å². The predicted molar refractivity (Wildman–Crippen MR) is 63.6 cm³/mol. The molecule has 0 radical (unpaired) electrons. The van der Waals surface area contributed by atoms with Crippen molar-refractivity contribution in [2.45, 2.75) is 6.92 Å². The van der Waals surface area contributed by atoms with Gasteiger partial charge in [-0.15, -0.1) is 0 Å². The summed E-state index contributed by atoms with van der Waals surface area (Å²) < 4.78 is 20.6. The third-order valence-electron chi connectivity index (χ3n) is 2.69. The van der Waals surface area contributed by atoms with Gasteiger partial charge in [-0.05, 0) is 6.92 Å². The van der Waals surface area contributed by atoms with Crippen molar-refractivity contribution in [1.82, 2.24) is 0 Å². The fraction of sp³-hybridized carbons (Fsp3) is 0.231. The fourth-order valence-corrected chi connectivity index (χ4v) is 1.82. The first-order valence-electron chi connectivity index (χ1n) is 5.64. The topological polar surface area (TPSA) is 75.0 Å². The molecule has 1 aliphatic heterocycles. The summed E-state index contributed by atoms with van der Waals surface area (Å²) in [5.41, 5.74) is 1.62. The van der Waals surface area contributed by atoms with Crippen LogP contribution in [0.25, 0.3) is 11.2 Å². The van der Waals surface area contributed by atoms with E-state index in [0.717, 1.165) is 0 Å². The van der Waals surface area contributed by atoms with Gasteiger partial charge in [0.25, 0.3) is 0 Å². The van der Waals surface area contributed by atoms with Crippen molar-refractivity contribution in [2.24, 2.45) is 0 Å². The lowest BCUT2D eigenvalue weighted by molar-refractivity contribution is -0.139. The summed E-state index contributed by atoms with van der Waals surface area (Å²) in [5, 5.41) is 0. The van der Waals surface area contributed by atoms with Crippen molar-refractivity contribution in [2.75, 3.05) is 13.2 Å². The molecule has 3 heterocycles. The fourth-order valence-electron chi connectivity index (χ4n) is 1.82. The smallest absolute Gasteiger partial charge is 0.347 e. The van der Waals surface area contributed by atoms with E-state index >= 15 is 0 Å². The molecular weight excluding hydrogens is 252 g/mol. The highest BCUT2D eigenvalue weighted by molar-refractivity contribution is 6.10. The average molecular weight is 262 g/mol. The van der Waals surface area contributed by atoms with E-state index in [1.165, 1.54) is 0 Å². The highest BCUT2D eigenvalue weighted by Crippen LogP contribution is 2.48. The number of hydrogen-bond acceptors (Lipinski definition) is 6. The maximum atomic E-state index is 11.4. The van der Waals surface area contributed by atoms with Gasteiger partial charge in [-0.25, -0.2) is 9.59 Å². The van der Waals surface area contributed by atoms with E-state index in [-0.39, 0.29) is 13.2 Å². The van der Waals surface area contributed by atoms with E-state index in [4.69, 9.17) is 18.6 Å². The summed E-state index contributed by atoms with van der Waals surface area (Å²) in [5.74, 6) is -0.228. The van der Waals surface area contributed by atoms with E-state index in [2.05, 4.69) is 6.58 Å². The Morgan fingerprint density at radius 3 is 2.95 bits per heavy atom. The van der Waals surface area contributed by atoms with Crippen LogP contribution in [-0.2, 0) is 9.53 Å². The summed E-state index contributed by atoms with van der Waals surface area (Å²) in [6.07, 6.45) is 0. The Morgan fingerprint density at radius 2 is 2.21 bits per heavy atom. The number of carbonyl (C=O) groups excluding carboxylic acids is 2. The van der Waals surface area contributed by atoms with Crippen LogP contribution >= 0.6 is 0 Å². The van der Waals surface area contributed by atoms with E-state index in [9.17, 15) is 9.59 Å². The number of hydrogen-bond donors (Lipinski definition) is 0. The van der Waals surface area contributed by atoms with Crippen LogP contribution in [-0.4, -0.2) is 25.2 Å². The zero-order chi connectivity index (χ0) is 13.6. The Bertz CT molecular complexity index is 680. The van der Waals surface area contributed by atoms with Crippen LogP contribution in [0.2, 0.25) is 0 Å². The number of esters is 2. The third-order valence-corrected chi connectivity index (χ3v) is 2.69. The molecule has 6 heteroatoms. The maximum Gasteiger partial charge on any atom is 0.347 e. The second kappa shape index (κ2) is 4.01. The van der Waals surface area contributed by atoms with Gasteiger partial charge in [0, 0.05) is 11.6 Å². The Hall–Kier alpha value is -2.50. The third kappa shape index (κ3) is 1.72. The first kappa shape index (κ1) is 11.6. The highest BCUT2D eigenvalue weighted by Gasteiger charge is 2.35. The summed E-state index contributed by atoms with van der Waals surface area (Å²) in [6, 6.07) is 1.57. The molecule has 0 saturated carbocycles. The SMILES string of the molecule is C=C(C)C(=O)OCCOc1c2c3oc1cc3C(=O)O2. The number of furan rings is 2. The molecule has 2 aromatic rings. The lowest BCUT2D eigenvalue weighted by atomic mass is 10.2. The Labute approximate surface area is 107 Å². The monoisotopic (exact) mass is 262 g/mol. The molecule has 0 aliphatic carbocycles. The van der Waals surface area contributed by atoms with Crippen molar-refractivity contribution in [3.05, 3.63) is 23.8 Å². The number of fused-ring (bicyclic) bond motifs is 1. The zero-order valence-electron chi connectivity index (χ0n) is 10.1. The molecule has 2 aromatic heterocycles. The van der Waals surface area contributed by atoms with Crippen molar-refractivity contribution < 1.29 is 28.2 Å². The molecule has 0 N–H and O–H groups in total. The quantitative estimate of drug-likeness (QED) is 0.465. The second-order valence-corrected chi connectivity index (χ2v) is 4.17. The van der Waals surface area contributed by atoms with Gasteiger partial charge in [0.1, 0.15) is 18.8 Å². The summed E-state index contributed by atoms with van der Waals surface area (Å²) >= 11 is 0. The first-order chi connectivity index (χ1) is 9.08. The van der Waals surface area contributed by atoms with Crippen LogP contribution in [0.15, 0.2) is 22.6 Å². The molecule has 0 amide bonds. The molecule has 0 unspecified atom stereocenters. The minimum atomic E-state index is -0.470. The second-order valence-electron chi connectivity index (χ2n) is 4.17. The van der Waals surface area contributed by atoms with Gasteiger partial charge in [0.15, 0.2) is 11.2 Å². The molecule has 0 aromatic carbocycles. The Balaban J connectivity index is 1.61. The molecule has 0 atom stereocenters. The summed E-state index contributed by atoms with van der Waals surface area (Å²) in [6.45, 7) is 5.24. The summed E-state index contributed by atoms with van der Waals surface area (Å²) in [4.78, 5) is 22.5. The van der Waals surface area contributed by atoms with Gasteiger partial charge in [-0.3, -0.25) is 0 Å². The van der Waals surface area contributed by atoms with Crippen LogP contribution in [0, 0.1) is 0 Å². The van der Waals surface area contributed by atoms with Gasteiger partial charge in [-0.1, -0.05) is 6.58 Å². The molecule has 6 nitrogen and oxygen atoms in total. The van der Waals surface area contributed by atoms with E-state index < -0.39 is 11.9 Å². The maximum absolute atomic E-state index is 11.4. The van der Waals surface area contributed by atoms with E-state index in [1.807, 2.05) is 0 Å². The van der Waals surface area contributed by atoms with Crippen LogP contribution in [0.4, 0.5) is 0 Å². The van der Waals surface area contributed by atoms with E-state index in [1.54, 1.807) is 13.0 Å². The molecule has 19 heavy (non-hydrogen) atoms.